The van der Waals surface area contributed by atoms with Gasteiger partial charge in [-0.3, -0.25) is 9.10 Å². The van der Waals surface area contributed by atoms with Gasteiger partial charge in [0.15, 0.2) is 0 Å². The predicted octanol–water partition coefficient (Wildman–Crippen LogP) is 4.83. The number of carbonyl (C=O) groups excluding carboxylic acids is 1. The zero-order valence-corrected chi connectivity index (χ0v) is 17.8. The van der Waals surface area contributed by atoms with Crippen molar-refractivity contribution >= 4 is 43.2 Å². The van der Waals surface area contributed by atoms with Crippen molar-refractivity contribution in [2.24, 2.45) is 0 Å². The quantitative estimate of drug-likeness (QED) is 0.594. The van der Waals surface area contributed by atoms with E-state index in [4.69, 9.17) is 0 Å². The van der Waals surface area contributed by atoms with Gasteiger partial charge in [-0.15, -0.1) is 0 Å². The zero-order valence-electron chi connectivity index (χ0n) is 15.4. The summed E-state index contributed by atoms with van der Waals surface area (Å²) >= 11 is 3.35. The van der Waals surface area contributed by atoms with Gasteiger partial charge in [0.1, 0.15) is 0 Å². The van der Waals surface area contributed by atoms with Crippen molar-refractivity contribution in [2.75, 3.05) is 16.7 Å². The highest BCUT2D eigenvalue weighted by molar-refractivity contribution is 9.10. The van der Waals surface area contributed by atoms with E-state index >= 15 is 0 Å². The summed E-state index contributed by atoms with van der Waals surface area (Å²) in [6.07, 6.45) is 0. The number of carbonyl (C=O) groups is 1. The van der Waals surface area contributed by atoms with E-state index in [1.54, 1.807) is 60.7 Å². The van der Waals surface area contributed by atoms with E-state index in [1.165, 1.54) is 7.05 Å². The van der Waals surface area contributed by atoms with Gasteiger partial charge in [-0.05, 0) is 55.5 Å². The first-order valence-corrected chi connectivity index (χ1v) is 10.7. The third-order valence-corrected chi connectivity index (χ3v) is 6.58. The summed E-state index contributed by atoms with van der Waals surface area (Å²) in [6, 6.07) is 20.4. The van der Waals surface area contributed by atoms with Crippen LogP contribution in [0.2, 0.25) is 0 Å². The van der Waals surface area contributed by atoms with Crippen molar-refractivity contribution in [2.45, 2.75) is 11.8 Å². The maximum Gasteiger partial charge on any atom is 0.264 e. The molecular weight excluding hydrogens is 440 g/mol. The van der Waals surface area contributed by atoms with Crippen LogP contribution >= 0.6 is 15.9 Å². The third kappa shape index (κ3) is 4.26. The van der Waals surface area contributed by atoms with Gasteiger partial charge in [0, 0.05) is 17.2 Å². The van der Waals surface area contributed by atoms with E-state index in [9.17, 15) is 13.2 Å². The van der Waals surface area contributed by atoms with Crippen LogP contribution in [0.1, 0.15) is 15.9 Å². The summed E-state index contributed by atoms with van der Waals surface area (Å²) in [6.45, 7) is 1.89. The monoisotopic (exact) mass is 458 g/mol. The molecule has 0 atom stereocenters. The van der Waals surface area contributed by atoms with Gasteiger partial charge in [-0.1, -0.05) is 45.8 Å². The van der Waals surface area contributed by atoms with E-state index in [1.807, 2.05) is 19.1 Å². The number of amides is 1. The summed E-state index contributed by atoms with van der Waals surface area (Å²) in [4.78, 5) is 13.0. The first-order chi connectivity index (χ1) is 13.3. The van der Waals surface area contributed by atoms with Gasteiger partial charge >= 0.3 is 0 Å². The Labute approximate surface area is 173 Å². The molecule has 0 bridgehead atoms. The van der Waals surface area contributed by atoms with Gasteiger partial charge in [0.25, 0.3) is 15.9 Å². The third-order valence-electron chi connectivity index (χ3n) is 4.27. The number of anilines is 2. The lowest BCUT2D eigenvalue weighted by Crippen LogP contribution is -2.29. The van der Waals surface area contributed by atoms with Crippen LogP contribution in [0.4, 0.5) is 11.4 Å². The van der Waals surface area contributed by atoms with E-state index in [0.717, 1.165) is 14.3 Å². The molecule has 0 radical (unpaired) electrons. The number of rotatable bonds is 5. The fraction of sp³-hybridized carbons (Fsp3) is 0.0952. The van der Waals surface area contributed by atoms with E-state index < -0.39 is 10.0 Å². The predicted molar refractivity (Wildman–Crippen MR) is 115 cm³/mol. The van der Waals surface area contributed by atoms with Crippen LogP contribution in [-0.4, -0.2) is 21.4 Å². The number of nitrogens with zero attached hydrogens (tertiary/aromatic N) is 1. The lowest BCUT2D eigenvalue weighted by molar-refractivity contribution is 0.102. The van der Waals surface area contributed by atoms with E-state index in [0.29, 0.717) is 11.4 Å². The minimum Gasteiger partial charge on any atom is -0.322 e. The number of sulfonamides is 1. The Balaban J connectivity index is 1.93. The smallest absolute Gasteiger partial charge is 0.264 e. The number of hydrogen-bond donors (Lipinski definition) is 1. The van der Waals surface area contributed by atoms with Crippen LogP contribution in [0.15, 0.2) is 82.2 Å². The van der Waals surface area contributed by atoms with Crippen LogP contribution in [0.25, 0.3) is 0 Å². The first-order valence-electron chi connectivity index (χ1n) is 8.50. The highest BCUT2D eigenvalue weighted by Crippen LogP contribution is 2.27. The second kappa shape index (κ2) is 8.16. The molecule has 144 valence electrons. The number of nitrogens with one attached hydrogen (secondary N) is 1. The van der Waals surface area contributed by atoms with Crippen LogP contribution in [0.3, 0.4) is 0 Å². The Bertz CT molecular complexity index is 1100. The molecule has 0 spiro atoms. The van der Waals surface area contributed by atoms with Gasteiger partial charge < -0.3 is 5.32 Å². The number of para-hydroxylation sites is 1. The maximum atomic E-state index is 13.0. The highest BCUT2D eigenvalue weighted by Gasteiger charge is 2.25. The zero-order chi connectivity index (χ0) is 20.3. The summed E-state index contributed by atoms with van der Waals surface area (Å²) in [5.74, 6) is -0.385. The van der Waals surface area contributed by atoms with Crippen LogP contribution in [-0.2, 0) is 10.0 Å². The minimum absolute atomic E-state index is 0.170. The number of benzene rings is 3. The Kier molecular flexibility index (Phi) is 5.86. The largest absolute Gasteiger partial charge is 0.322 e. The minimum atomic E-state index is -3.80. The second-order valence-electron chi connectivity index (χ2n) is 6.26. The molecule has 1 amide bonds. The summed E-state index contributed by atoms with van der Waals surface area (Å²) in [7, 11) is -2.35. The SMILES string of the molecule is Cc1ccc(S(=O)(=O)N(C)c2ccccc2C(=O)Nc2ccc(Br)cc2)cc1. The normalized spacial score (nSPS) is 11.1. The fourth-order valence-electron chi connectivity index (χ4n) is 2.67. The average Bonchev–Trinajstić information content (AvgIpc) is 2.69. The van der Waals surface area contributed by atoms with Gasteiger partial charge in [0.05, 0.1) is 16.1 Å². The Hall–Kier alpha value is -2.64. The lowest BCUT2D eigenvalue weighted by Gasteiger charge is -2.22. The van der Waals surface area contributed by atoms with Crippen molar-refractivity contribution in [1.29, 1.82) is 0 Å². The molecule has 0 aliphatic heterocycles. The molecule has 0 saturated carbocycles. The molecular formula is C21H19BrN2O3S. The fourth-order valence-corrected chi connectivity index (χ4v) is 4.15. The molecule has 0 fully saturated rings. The molecule has 3 aromatic rings. The highest BCUT2D eigenvalue weighted by atomic mass is 79.9. The molecule has 1 N–H and O–H groups in total. The van der Waals surface area contributed by atoms with Gasteiger partial charge in [0.2, 0.25) is 0 Å². The van der Waals surface area contributed by atoms with E-state index in [2.05, 4.69) is 21.2 Å². The summed E-state index contributed by atoms with van der Waals surface area (Å²) < 4.78 is 28.0. The van der Waals surface area contributed by atoms with Crippen molar-refractivity contribution < 1.29 is 13.2 Å². The Morgan fingerprint density at radius 3 is 2.18 bits per heavy atom. The van der Waals surface area contributed by atoms with Crippen molar-refractivity contribution in [3.05, 3.63) is 88.4 Å². The molecule has 28 heavy (non-hydrogen) atoms. The van der Waals surface area contributed by atoms with Crippen LogP contribution in [0, 0.1) is 6.92 Å². The molecule has 5 nitrogen and oxygen atoms in total. The molecule has 0 aliphatic rings. The van der Waals surface area contributed by atoms with Gasteiger partial charge in [-0.25, -0.2) is 8.42 Å². The van der Waals surface area contributed by atoms with Crippen molar-refractivity contribution in [1.82, 2.24) is 0 Å². The number of halogens is 1. The standard InChI is InChI=1S/C21H19BrN2O3S/c1-15-7-13-18(14-8-15)28(26,27)24(2)20-6-4-3-5-19(20)21(25)23-17-11-9-16(22)10-12-17/h3-14H,1-2H3,(H,23,25). The molecule has 0 aliphatic carbocycles. The average molecular weight is 459 g/mol. The Morgan fingerprint density at radius 2 is 1.54 bits per heavy atom. The first kappa shape index (κ1) is 20.1. The molecule has 3 rings (SSSR count). The lowest BCUT2D eigenvalue weighted by atomic mass is 10.1. The molecule has 0 aromatic heterocycles. The molecule has 0 unspecified atom stereocenters. The number of hydrogen-bond acceptors (Lipinski definition) is 3. The summed E-state index contributed by atoms with van der Waals surface area (Å²) in [5, 5.41) is 2.80. The molecule has 3 aromatic carbocycles. The maximum absolute atomic E-state index is 13.0. The number of aryl methyl sites for hydroxylation is 1. The van der Waals surface area contributed by atoms with Crippen LogP contribution < -0.4 is 9.62 Å². The van der Waals surface area contributed by atoms with Crippen molar-refractivity contribution in [3.63, 3.8) is 0 Å². The molecule has 7 heteroatoms. The summed E-state index contributed by atoms with van der Waals surface area (Å²) in [5.41, 5.74) is 2.16. The van der Waals surface area contributed by atoms with Crippen molar-refractivity contribution in [3.8, 4) is 0 Å². The van der Waals surface area contributed by atoms with Crippen LogP contribution in [0.5, 0.6) is 0 Å². The second-order valence-corrected chi connectivity index (χ2v) is 9.15. The molecule has 0 heterocycles. The Morgan fingerprint density at radius 1 is 0.929 bits per heavy atom. The topological polar surface area (TPSA) is 66.5 Å². The molecule has 0 saturated heterocycles. The van der Waals surface area contributed by atoms with E-state index in [-0.39, 0.29) is 16.4 Å². The van der Waals surface area contributed by atoms with Gasteiger partial charge in [-0.2, -0.15) is 0 Å².